The zero-order valence-corrected chi connectivity index (χ0v) is 11.3. The first-order chi connectivity index (χ1) is 8.51. The molecule has 0 amide bonds. The number of hydrogen-bond acceptors (Lipinski definition) is 3. The first-order valence-electron chi connectivity index (χ1n) is 6.05. The van der Waals surface area contributed by atoms with Crippen molar-refractivity contribution >= 4 is 16.8 Å². The molecular formula is C12H18N2O3S. The standard InChI is InChI=1S/C12H18N2O3S/c1-10-13-4-5-14(10)6-7-18(17)9-12(2-3-12)8-11(15)16/h4-5H,2-3,6-9H2,1H3,(H,15,16). The van der Waals surface area contributed by atoms with Gasteiger partial charge in [-0.15, -0.1) is 0 Å². The number of nitrogens with zero attached hydrogens (tertiary/aromatic N) is 2. The Hall–Kier alpha value is -1.17. The summed E-state index contributed by atoms with van der Waals surface area (Å²) < 4.78 is 13.9. The molecule has 1 aromatic heterocycles. The van der Waals surface area contributed by atoms with Crippen LogP contribution < -0.4 is 0 Å². The van der Waals surface area contributed by atoms with Crippen molar-refractivity contribution in [3.05, 3.63) is 18.2 Å². The third-order valence-electron chi connectivity index (χ3n) is 3.43. The number of imidazole rings is 1. The van der Waals surface area contributed by atoms with E-state index in [1.54, 1.807) is 6.20 Å². The molecule has 1 heterocycles. The van der Waals surface area contributed by atoms with Crippen LogP contribution in [0.15, 0.2) is 12.4 Å². The average molecular weight is 270 g/mol. The number of rotatable bonds is 7. The van der Waals surface area contributed by atoms with E-state index in [4.69, 9.17) is 5.11 Å². The lowest BCUT2D eigenvalue weighted by Crippen LogP contribution is -2.20. The molecule has 1 saturated carbocycles. The maximum atomic E-state index is 12.0. The Balaban J connectivity index is 1.79. The van der Waals surface area contributed by atoms with Gasteiger partial charge in [0.15, 0.2) is 0 Å². The van der Waals surface area contributed by atoms with Crippen LogP contribution in [0.25, 0.3) is 0 Å². The predicted molar refractivity (Wildman–Crippen MR) is 68.8 cm³/mol. The quantitative estimate of drug-likeness (QED) is 0.808. The van der Waals surface area contributed by atoms with Gasteiger partial charge in [0.2, 0.25) is 0 Å². The highest BCUT2D eigenvalue weighted by atomic mass is 32.2. The van der Waals surface area contributed by atoms with Gasteiger partial charge in [-0.25, -0.2) is 4.98 Å². The van der Waals surface area contributed by atoms with Gasteiger partial charge in [-0.3, -0.25) is 9.00 Å². The molecule has 1 aromatic rings. The van der Waals surface area contributed by atoms with Gasteiger partial charge in [0, 0.05) is 41.2 Å². The minimum atomic E-state index is -0.948. The van der Waals surface area contributed by atoms with Gasteiger partial charge in [-0.05, 0) is 25.2 Å². The topological polar surface area (TPSA) is 72.2 Å². The molecule has 1 fully saturated rings. The van der Waals surface area contributed by atoms with Gasteiger partial charge in [-0.1, -0.05) is 0 Å². The normalized spacial score (nSPS) is 18.5. The van der Waals surface area contributed by atoms with E-state index in [1.165, 1.54) is 0 Å². The summed E-state index contributed by atoms with van der Waals surface area (Å²) in [6.07, 6.45) is 5.55. The van der Waals surface area contributed by atoms with Crippen LogP contribution in [0.1, 0.15) is 25.1 Å². The number of aliphatic carboxylic acids is 1. The van der Waals surface area contributed by atoms with Crippen molar-refractivity contribution in [1.82, 2.24) is 9.55 Å². The summed E-state index contributed by atoms with van der Waals surface area (Å²) in [5.74, 6) is 1.22. The van der Waals surface area contributed by atoms with E-state index < -0.39 is 16.8 Å². The highest BCUT2D eigenvalue weighted by Gasteiger charge is 2.45. The van der Waals surface area contributed by atoms with E-state index in [0.717, 1.165) is 18.7 Å². The summed E-state index contributed by atoms with van der Waals surface area (Å²) in [6, 6.07) is 0. The van der Waals surface area contributed by atoms with Crippen LogP contribution in [0.2, 0.25) is 0 Å². The van der Waals surface area contributed by atoms with E-state index in [0.29, 0.717) is 18.1 Å². The van der Waals surface area contributed by atoms with Gasteiger partial charge in [0.05, 0.1) is 6.42 Å². The Labute approximate surface area is 109 Å². The molecule has 0 aliphatic heterocycles. The van der Waals surface area contributed by atoms with E-state index in [-0.39, 0.29) is 11.8 Å². The summed E-state index contributed by atoms with van der Waals surface area (Å²) in [7, 11) is -0.948. The van der Waals surface area contributed by atoms with Crippen LogP contribution in [0.3, 0.4) is 0 Å². The first-order valence-corrected chi connectivity index (χ1v) is 7.54. The molecule has 1 aliphatic carbocycles. The highest BCUT2D eigenvalue weighted by Crippen LogP contribution is 2.49. The van der Waals surface area contributed by atoms with Crippen molar-refractivity contribution in [2.24, 2.45) is 5.41 Å². The van der Waals surface area contributed by atoms with E-state index in [1.807, 2.05) is 17.7 Å². The highest BCUT2D eigenvalue weighted by molar-refractivity contribution is 7.85. The zero-order chi connectivity index (χ0) is 13.2. The van der Waals surface area contributed by atoms with Crippen molar-refractivity contribution in [3.63, 3.8) is 0 Å². The fourth-order valence-corrected chi connectivity index (χ4v) is 3.74. The summed E-state index contributed by atoms with van der Waals surface area (Å²) in [4.78, 5) is 14.8. The SMILES string of the molecule is Cc1nccn1CCS(=O)CC1(CC(=O)O)CC1. The Morgan fingerprint density at radius 3 is 2.83 bits per heavy atom. The van der Waals surface area contributed by atoms with Crippen molar-refractivity contribution in [3.8, 4) is 0 Å². The summed E-state index contributed by atoms with van der Waals surface area (Å²) >= 11 is 0. The minimum Gasteiger partial charge on any atom is -0.481 e. The molecule has 1 atom stereocenters. The summed E-state index contributed by atoms with van der Waals surface area (Å²) in [6.45, 7) is 2.59. The van der Waals surface area contributed by atoms with Gasteiger partial charge in [-0.2, -0.15) is 0 Å². The smallest absolute Gasteiger partial charge is 0.303 e. The lowest BCUT2D eigenvalue weighted by Gasteiger charge is -2.12. The van der Waals surface area contributed by atoms with Gasteiger partial charge < -0.3 is 9.67 Å². The molecule has 0 spiro atoms. The molecule has 18 heavy (non-hydrogen) atoms. The number of carboxylic acids is 1. The molecule has 5 nitrogen and oxygen atoms in total. The molecule has 100 valence electrons. The lowest BCUT2D eigenvalue weighted by molar-refractivity contribution is -0.138. The third-order valence-corrected chi connectivity index (χ3v) is 5.01. The molecule has 1 N–H and O–H groups in total. The number of aryl methyl sites for hydroxylation is 2. The summed E-state index contributed by atoms with van der Waals surface area (Å²) in [5.41, 5.74) is -0.180. The van der Waals surface area contributed by atoms with Crippen LogP contribution in [-0.4, -0.2) is 36.3 Å². The number of aromatic nitrogens is 2. The average Bonchev–Trinajstić information content (AvgIpc) is 2.87. The first kappa shape index (κ1) is 13.3. The molecular weight excluding hydrogens is 252 g/mol. The number of carbonyl (C=O) groups is 1. The molecule has 6 heteroatoms. The van der Waals surface area contributed by atoms with Gasteiger partial charge in [0.25, 0.3) is 0 Å². The molecule has 0 aromatic carbocycles. The molecule has 0 radical (unpaired) electrons. The minimum absolute atomic E-state index is 0.156. The molecule has 1 unspecified atom stereocenters. The van der Waals surface area contributed by atoms with Crippen molar-refractivity contribution in [1.29, 1.82) is 0 Å². The third kappa shape index (κ3) is 3.41. The Bertz CT molecular complexity index is 466. The Morgan fingerprint density at radius 2 is 2.33 bits per heavy atom. The van der Waals surface area contributed by atoms with Crippen LogP contribution in [-0.2, 0) is 22.1 Å². The van der Waals surface area contributed by atoms with E-state index in [2.05, 4.69) is 4.98 Å². The fourth-order valence-electron chi connectivity index (χ4n) is 2.12. The van der Waals surface area contributed by atoms with Gasteiger partial charge >= 0.3 is 5.97 Å². The van der Waals surface area contributed by atoms with E-state index >= 15 is 0 Å². The lowest BCUT2D eigenvalue weighted by atomic mass is 10.1. The second-order valence-corrected chi connectivity index (χ2v) is 6.60. The van der Waals surface area contributed by atoms with Gasteiger partial charge in [0.1, 0.15) is 5.82 Å². The second-order valence-electron chi connectivity index (χ2n) is 5.03. The van der Waals surface area contributed by atoms with E-state index in [9.17, 15) is 9.00 Å². The van der Waals surface area contributed by atoms with Crippen molar-refractivity contribution in [2.45, 2.75) is 32.7 Å². The van der Waals surface area contributed by atoms with Crippen LogP contribution in [0.4, 0.5) is 0 Å². The van der Waals surface area contributed by atoms with Crippen LogP contribution in [0, 0.1) is 12.3 Å². The summed E-state index contributed by atoms with van der Waals surface area (Å²) in [5, 5.41) is 8.81. The van der Waals surface area contributed by atoms with Crippen molar-refractivity contribution in [2.75, 3.05) is 11.5 Å². The van der Waals surface area contributed by atoms with Crippen molar-refractivity contribution < 1.29 is 14.1 Å². The largest absolute Gasteiger partial charge is 0.481 e. The molecule has 0 bridgehead atoms. The fraction of sp³-hybridized carbons (Fsp3) is 0.667. The molecule has 0 saturated heterocycles. The Kier molecular flexibility index (Phi) is 3.85. The maximum absolute atomic E-state index is 12.0. The predicted octanol–water partition coefficient (Wildman–Crippen LogP) is 1.20. The van der Waals surface area contributed by atoms with Crippen LogP contribution >= 0.6 is 0 Å². The monoisotopic (exact) mass is 270 g/mol. The number of hydrogen-bond donors (Lipinski definition) is 1. The second kappa shape index (κ2) is 5.22. The molecule has 2 rings (SSSR count). The Morgan fingerprint density at radius 1 is 1.61 bits per heavy atom. The molecule has 1 aliphatic rings. The zero-order valence-electron chi connectivity index (χ0n) is 10.5. The van der Waals surface area contributed by atoms with Crippen LogP contribution in [0.5, 0.6) is 0 Å². The maximum Gasteiger partial charge on any atom is 0.303 e. The number of carboxylic acid groups (broad SMARTS) is 1.